The second-order valence-electron chi connectivity index (χ2n) is 4.99. The topological polar surface area (TPSA) is 75.7 Å². The fourth-order valence-electron chi connectivity index (χ4n) is 1.92. The molecule has 1 aliphatic rings. The zero-order valence-electron chi connectivity index (χ0n) is 12.1. The fourth-order valence-corrected chi connectivity index (χ4v) is 1.92. The largest absolute Gasteiger partial charge is 0.465 e. The van der Waals surface area contributed by atoms with E-state index in [1.807, 2.05) is 0 Å². The second kappa shape index (κ2) is 6.39. The van der Waals surface area contributed by atoms with Gasteiger partial charge in [-0.3, -0.25) is 9.59 Å². The molecule has 0 unspecified atom stereocenters. The fraction of sp³-hybridized carbons (Fsp3) is 0.400. The minimum Gasteiger partial charge on any atom is -0.465 e. The Kier molecular flexibility index (Phi) is 4.57. The predicted molar refractivity (Wildman–Crippen MR) is 77.0 cm³/mol. The Labute approximate surface area is 123 Å². The average Bonchev–Trinajstić information content (AvgIpc) is 3.27. The van der Waals surface area contributed by atoms with Gasteiger partial charge in [0.15, 0.2) is 0 Å². The van der Waals surface area contributed by atoms with Crippen molar-refractivity contribution in [1.29, 1.82) is 0 Å². The van der Waals surface area contributed by atoms with E-state index in [1.165, 1.54) is 18.9 Å². The lowest BCUT2D eigenvalue weighted by atomic mass is 10.2. The van der Waals surface area contributed by atoms with Crippen LogP contribution in [0.3, 0.4) is 0 Å². The van der Waals surface area contributed by atoms with Crippen molar-refractivity contribution in [2.45, 2.75) is 25.8 Å². The molecule has 1 aromatic carbocycles. The first-order chi connectivity index (χ1) is 10.0. The van der Waals surface area contributed by atoms with E-state index in [1.54, 1.807) is 24.3 Å². The molecule has 1 aromatic rings. The molecule has 0 bridgehead atoms. The summed E-state index contributed by atoms with van der Waals surface area (Å²) >= 11 is 0. The van der Waals surface area contributed by atoms with Gasteiger partial charge < -0.3 is 15.0 Å². The first kappa shape index (κ1) is 15.0. The zero-order chi connectivity index (χ0) is 15.4. The molecule has 112 valence electrons. The number of nitrogens with one attached hydrogen (secondary N) is 1. The first-order valence-corrected chi connectivity index (χ1v) is 6.77. The predicted octanol–water partition coefficient (Wildman–Crippen LogP) is 1.10. The van der Waals surface area contributed by atoms with Crippen molar-refractivity contribution >= 4 is 23.5 Å². The zero-order valence-corrected chi connectivity index (χ0v) is 12.1. The van der Waals surface area contributed by atoms with Gasteiger partial charge in [-0.25, -0.2) is 4.79 Å². The lowest BCUT2D eigenvalue weighted by Gasteiger charge is -2.20. The highest BCUT2D eigenvalue weighted by Crippen LogP contribution is 2.19. The van der Waals surface area contributed by atoms with Crippen LogP contribution in [0.1, 0.15) is 30.1 Å². The highest BCUT2D eigenvalue weighted by atomic mass is 16.5. The molecule has 0 atom stereocenters. The second-order valence-corrected chi connectivity index (χ2v) is 4.99. The summed E-state index contributed by atoms with van der Waals surface area (Å²) in [6.07, 6.45) is 2.00. The number of benzene rings is 1. The molecule has 6 nitrogen and oxygen atoms in total. The van der Waals surface area contributed by atoms with Crippen molar-refractivity contribution in [2.24, 2.45) is 0 Å². The van der Waals surface area contributed by atoms with Crippen LogP contribution in [0.5, 0.6) is 0 Å². The Bertz CT molecular complexity index is 549. The van der Waals surface area contributed by atoms with Crippen molar-refractivity contribution in [3.8, 4) is 0 Å². The molecule has 0 heterocycles. The highest BCUT2D eigenvalue weighted by molar-refractivity contribution is 5.98. The Hall–Kier alpha value is -2.37. The molecule has 0 spiro atoms. The Morgan fingerprint density at radius 3 is 2.33 bits per heavy atom. The van der Waals surface area contributed by atoms with Crippen molar-refractivity contribution in [1.82, 2.24) is 5.32 Å². The summed E-state index contributed by atoms with van der Waals surface area (Å²) in [5.74, 6) is -0.848. The third kappa shape index (κ3) is 4.05. The summed E-state index contributed by atoms with van der Waals surface area (Å²) in [5, 5.41) is 2.84. The summed E-state index contributed by atoms with van der Waals surface area (Å²) < 4.78 is 4.62. The maximum atomic E-state index is 11.8. The first-order valence-electron chi connectivity index (χ1n) is 6.77. The van der Waals surface area contributed by atoms with Gasteiger partial charge in [-0.15, -0.1) is 0 Å². The van der Waals surface area contributed by atoms with Gasteiger partial charge in [0.1, 0.15) is 6.54 Å². The summed E-state index contributed by atoms with van der Waals surface area (Å²) in [6, 6.07) is 6.63. The summed E-state index contributed by atoms with van der Waals surface area (Å²) in [6.45, 7) is 1.38. The minimum atomic E-state index is -0.442. The van der Waals surface area contributed by atoms with Gasteiger partial charge in [-0.2, -0.15) is 0 Å². The summed E-state index contributed by atoms with van der Waals surface area (Å²) in [4.78, 5) is 36.3. The Balaban J connectivity index is 2.08. The van der Waals surface area contributed by atoms with Gasteiger partial charge >= 0.3 is 5.97 Å². The number of rotatable bonds is 5. The molecule has 2 rings (SSSR count). The van der Waals surface area contributed by atoms with Crippen LogP contribution in [0, 0.1) is 0 Å². The van der Waals surface area contributed by atoms with Gasteiger partial charge in [-0.1, -0.05) is 0 Å². The van der Waals surface area contributed by atoms with E-state index in [-0.39, 0.29) is 24.4 Å². The van der Waals surface area contributed by atoms with Crippen molar-refractivity contribution in [3.63, 3.8) is 0 Å². The molecule has 21 heavy (non-hydrogen) atoms. The number of nitrogens with zero attached hydrogens (tertiary/aromatic N) is 1. The number of carbonyl (C=O) groups is 3. The van der Waals surface area contributed by atoms with Crippen molar-refractivity contribution < 1.29 is 19.1 Å². The standard InChI is InChI=1S/C15H18N2O4/c1-10(18)17(9-14(19)16-12-5-6-12)13-7-3-11(4-8-13)15(20)21-2/h3-4,7-8,12H,5-6,9H2,1-2H3,(H,16,19). The Morgan fingerprint density at radius 1 is 1.24 bits per heavy atom. The lowest BCUT2D eigenvalue weighted by molar-refractivity contribution is -0.123. The molecule has 0 aromatic heterocycles. The number of amides is 2. The van der Waals surface area contributed by atoms with Crippen LogP contribution in [-0.4, -0.2) is 37.5 Å². The molecular weight excluding hydrogens is 272 g/mol. The van der Waals surface area contributed by atoms with E-state index in [9.17, 15) is 14.4 Å². The molecule has 2 amide bonds. The maximum absolute atomic E-state index is 11.8. The third-order valence-corrected chi connectivity index (χ3v) is 3.22. The number of esters is 1. The SMILES string of the molecule is COC(=O)c1ccc(N(CC(=O)NC2CC2)C(C)=O)cc1. The Morgan fingerprint density at radius 2 is 1.86 bits per heavy atom. The van der Waals surface area contributed by atoms with Crippen LogP contribution in [0.15, 0.2) is 24.3 Å². The number of hydrogen-bond acceptors (Lipinski definition) is 4. The van der Waals surface area contributed by atoms with Crippen molar-refractivity contribution in [2.75, 3.05) is 18.6 Å². The van der Waals surface area contributed by atoms with Crippen LogP contribution < -0.4 is 10.2 Å². The van der Waals surface area contributed by atoms with Crippen molar-refractivity contribution in [3.05, 3.63) is 29.8 Å². The van der Waals surface area contributed by atoms with E-state index in [4.69, 9.17) is 0 Å². The normalized spacial score (nSPS) is 13.4. The molecular formula is C15H18N2O4. The van der Waals surface area contributed by atoms with Crippen LogP contribution in [-0.2, 0) is 14.3 Å². The van der Waals surface area contributed by atoms with Crippen LogP contribution in [0.25, 0.3) is 0 Å². The quantitative estimate of drug-likeness (QED) is 0.824. The number of methoxy groups -OCH3 is 1. The number of anilines is 1. The van der Waals surface area contributed by atoms with Gasteiger partial charge in [0.2, 0.25) is 11.8 Å². The number of carbonyl (C=O) groups excluding carboxylic acids is 3. The lowest BCUT2D eigenvalue weighted by Crippen LogP contribution is -2.40. The molecule has 1 saturated carbocycles. The number of hydrogen-bond donors (Lipinski definition) is 1. The van der Waals surface area contributed by atoms with Gasteiger partial charge in [-0.05, 0) is 37.1 Å². The molecule has 1 N–H and O–H groups in total. The third-order valence-electron chi connectivity index (χ3n) is 3.22. The van der Waals surface area contributed by atoms with E-state index in [0.29, 0.717) is 11.3 Å². The minimum absolute atomic E-state index is 0.0244. The number of ether oxygens (including phenoxy) is 1. The molecule has 1 aliphatic carbocycles. The van der Waals surface area contributed by atoms with Gasteiger partial charge in [0, 0.05) is 18.7 Å². The smallest absolute Gasteiger partial charge is 0.337 e. The average molecular weight is 290 g/mol. The molecule has 0 saturated heterocycles. The molecule has 0 radical (unpaired) electrons. The highest BCUT2D eigenvalue weighted by Gasteiger charge is 2.25. The van der Waals surface area contributed by atoms with Crippen LogP contribution in [0.2, 0.25) is 0 Å². The summed E-state index contributed by atoms with van der Waals surface area (Å²) in [7, 11) is 1.31. The van der Waals surface area contributed by atoms with Gasteiger partial charge in [0.25, 0.3) is 0 Å². The molecule has 0 aliphatic heterocycles. The van der Waals surface area contributed by atoms with Gasteiger partial charge in [0.05, 0.1) is 12.7 Å². The molecule has 6 heteroatoms. The van der Waals surface area contributed by atoms with E-state index in [0.717, 1.165) is 12.8 Å². The van der Waals surface area contributed by atoms with E-state index < -0.39 is 5.97 Å². The van der Waals surface area contributed by atoms with Crippen LogP contribution in [0.4, 0.5) is 5.69 Å². The summed E-state index contributed by atoms with van der Waals surface area (Å²) in [5.41, 5.74) is 0.966. The molecule has 1 fully saturated rings. The maximum Gasteiger partial charge on any atom is 0.337 e. The monoisotopic (exact) mass is 290 g/mol. The van der Waals surface area contributed by atoms with Crippen LogP contribution >= 0.6 is 0 Å². The van der Waals surface area contributed by atoms with E-state index in [2.05, 4.69) is 10.1 Å². The van der Waals surface area contributed by atoms with E-state index >= 15 is 0 Å².